The van der Waals surface area contributed by atoms with E-state index in [9.17, 15) is 14.9 Å². The number of hydrogen-bond donors (Lipinski definition) is 2. The third-order valence-corrected chi connectivity index (χ3v) is 5.52. The van der Waals surface area contributed by atoms with Crippen molar-refractivity contribution in [2.24, 2.45) is 0 Å². The minimum atomic E-state index is -0.438. The van der Waals surface area contributed by atoms with Crippen molar-refractivity contribution < 1.29 is 19.4 Å². The number of para-hydroxylation sites is 2. The second kappa shape index (κ2) is 8.91. The molecule has 0 aromatic heterocycles. The summed E-state index contributed by atoms with van der Waals surface area (Å²) in [7, 11) is 1.67. The minimum absolute atomic E-state index is 0.0200. The number of non-ortho nitro benzene ring substituents is 1. The van der Waals surface area contributed by atoms with Crippen LogP contribution in [0.2, 0.25) is 0 Å². The average Bonchev–Trinajstić information content (AvgIpc) is 2.74. The van der Waals surface area contributed by atoms with Gasteiger partial charge in [-0.25, -0.2) is 0 Å². The highest BCUT2D eigenvalue weighted by atomic mass is 16.6. The van der Waals surface area contributed by atoms with E-state index in [0.29, 0.717) is 11.3 Å². The van der Waals surface area contributed by atoms with Crippen LogP contribution in [-0.2, 0) is 4.79 Å². The molecule has 1 heterocycles. The Morgan fingerprint density at radius 2 is 1.93 bits per heavy atom. The molecule has 1 atom stereocenters. The molecule has 1 amide bonds. The van der Waals surface area contributed by atoms with E-state index < -0.39 is 4.92 Å². The number of nitrogens with one attached hydrogen (secondary N) is 2. The van der Waals surface area contributed by atoms with Crippen molar-refractivity contribution in [3.8, 4) is 5.75 Å². The number of hydrogen-bond acceptors (Lipinski definition) is 5. The fourth-order valence-electron chi connectivity index (χ4n) is 3.69. The van der Waals surface area contributed by atoms with E-state index in [1.807, 2.05) is 25.1 Å². The maximum absolute atomic E-state index is 12.7. The number of aryl methyl sites for hydroxylation is 1. The molecule has 1 aliphatic heterocycles. The number of benzene rings is 2. The molecule has 8 heteroatoms. The Bertz CT molecular complexity index is 894. The summed E-state index contributed by atoms with van der Waals surface area (Å²) in [5.41, 5.74) is 2.38. The summed E-state index contributed by atoms with van der Waals surface area (Å²) >= 11 is 0. The molecule has 29 heavy (non-hydrogen) atoms. The maximum atomic E-state index is 12.7. The van der Waals surface area contributed by atoms with Gasteiger partial charge in [0.25, 0.3) is 11.6 Å². The van der Waals surface area contributed by atoms with Crippen molar-refractivity contribution in [3.63, 3.8) is 0 Å². The zero-order chi connectivity index (χ0) is 21.0. The number of anilines is 2. The Labute approximate surface area is 170 Å². The lowest BCUT2D eigenvalue weighted by atomic mass is 10.1. The van der Waals surface area contributed by atoms with Gasteiger partial charge in [0.2, 0.25) is 0 Å². The molecule has 1 saturated heterocycles. The van der Waals surface area contributed by atoms with E-state index in [1.54, 1.807) is 20.1 Å². The van der Waals surface area contributed by atoms with Crippen LogP contribution < -0.4 is 19.9 Å². The molecule has 8 nitrogen and oxygen atoms in total. The van der Waals surface area contributed by atoms with Gasteiger partial charge >= 0.3 is 0 Å². The van der Waals surface area contributed by atoms with Crippen LogP contribution in [0.15, 0.2) is 42.5 Å². The standard InChI is InChI=1S/C21H26N4O4/c1-15-14-17(25(27)28)8-9-18(15)22-21(26)16(2)23-10-12-24(13-11-23)19-6-4-5-7-20(19)29-3/h4-9,14,16H,10-13H2,1-3H3,(H,22,26)/p+1/t16-/m0/s1. The first kappa shape index (κ1) is 20.6. The molecule has 0 bridgehead atoms. The van der Waals surface area contributed by atoms with Crippen molar-refractivity contribution in [3.05, 3.63) is 58.1 Å². The first-order valence-electron chi connectivity index (χ1n) is 9.69. The van der Waals surface area contributed by atoms with Gasteiger partial charge in [-0.1, -0.05) is 12.1 Å². The third-order valence-electron chi connectivity index (χ3n) is 5.52. The highest BCUT2D eigenvalue weighted by Gasteiger charge is 2.30. The fourth-order valence-corrected chi connectivity index (χ4v) is 3.69. The smallest absolute Gasteiger partial charge is 0.282 e. The van der Waals surface area contributed by atoms with Gasteiger partial charge in [0.15, 0.2) is 6.04 Å². The third kappa shape index (κ3) is 4.65. The average molecular weight is 399 g/mol. The summed E-state index contributed by atoms with van der Waals surface area (Å²) in [6.07, 6.45) is 0. The van der Waals surface area contributed by atoms with Crippen LogP contribution in [0.25, 0.3) is 0 Å². The Morgan fingerprint density at radius 3 is 2.55 bits per heavy atom. The fraction of sp³-hybridized carbons (Fsp3) is 0.381. The number of piperazine rings is 1. The van der Waals surface area contributed by atoms with Crippen LogP contribution >= 0.6 is 0 Å². The number of nitro groups is 1. The Kier molecular flexibility index (Phi) is 6.33. The van der Waals surface area contributed by atoms with Crippen molar-refractivity contribution >= 4 is 23.0 Å². The molecular formula is C21H27N4O4+. The zero-order valence-electron chi connectivity index (χ0n) is 17.0. The van der Waals surface area contributed by atoms with Crippen molar-refractivity contribution in [2.45, 2.75) is 19.9 Å². The molecule has 0 unspecified atom stereocenters. The van der Waals surface area contributed by atoms with E-state index in [2.05, 4.69) is 16.3 Å². The molecular weight excluding hydrogens is 372 g/mol. The molecule has 1 fully saturated rings. The van der Waals surface area contributed by atoms with Gasteiger partial charge < -0.3 is 19.9 Å². The van der Waals surface area contributed by atoms with Gasteiger partial charge in [0, 0.05) is 17.8 Å². The summed E-state index contributed by atoms with van der Waals surface area (Å²) in [6.45, 7) is 7.03. The minimum Gasteiger partial charge on any atom is -0.495 e. The van der Waals surface area contributed by atoms with Gasteiger partial charge in [0.1, 0.15) is 5.75 Å². The number of nitro benzene ring substituents is 1. The molecule has 2 aromatic carbocycles. The van der Waals surface area contributed by atoms with Gasteiger partial charge in [-0.3, -0.25) is 14.9 Å². The summed E-state index contributed by atoms with van der Waals surface area (Å²) in [4.78, 5) is 26.7. The summed E-state index contributed by atoms with van der Waals surface area (Å²) in [5.74, 6) is 0.776. The number of ether oxygens (including phenoxy) is 1. The highest BCUT2D eigenvalue weighted by Crippen LogP contribution is 2.27. The highest BCUT2D eigenvalue weighted by molar-refractivity contribution is 5.94. The summed E-state index contributed by atoms with van der Waals surface area (Å²) in [5, 5.41) is 13.8. The molecule has 2 N–H and O–H groups in total. The maximum Gasteiger partial charge on any atom is 0.282 e. The van der Waals surface area contributed by atoms with Crippen LogP contribution in [0.3, 0.4) is 0 Å². The predicted molar refractivity (Wildman–Crippen MR) is 112 cm³/mol. The van der Waals surface area contributed by atoms with E-state index in [4.69, 9.17) is 4.74 Å². The lowest BCUT2D eigenvalue weighted by Crippen LogP contribution is -3.19. The molecule has 3 rings (SSSR count). The van der Waals surface area contributed by atoms with Crippen LogP contribution in [0, 0.1) is 17.0 Å². The molecule has 1 aliphatic rings. The van der Waals surface area contributed by atoms with E-state index in [0.717, 1.165) is 37.6 Å². The topological polar surface area (TPSA) is 89.2 Å². The van der Waals surface area contributed by atoms with E-state index >= 15 is 0 Å². The van der Waals surface area contributed by atoms with Crippen LogP contribution in [0.1, 0.15) is 12.5 Å². The van der Waals surface area contributed by atoms with Crippen molar-refractivity contribution in [2.75, 3.05) is 43.5 Å². The zero-order valence-corrected chi connectivity index (χ0v) is 17.0. The number of nitrogens with zero attached hydrogens (tertiary/aromatic N) is 2. The number of rotatable bonds is 6. The molecule has 0 spiro atoms. The Morgan fingerprint density at radius 1 is 1.24 bits per heavy atom. The van der Waals surface area contributed by atoms with Gasteiger partial charge in [0.05, 0.1) is 43.9 Å². The molecule has 154 valence electrons. The number of quaternary nitrogens is 1. The number of amides is 1. The number of carbonyl (C=O) groups is 1. The summed E-state index contributed by atoms with van der Waals surface area (Å²) in [6, 6.07) is 12.2. The first-order chi connectivity index (χ1) is 13.9. The summed E-state index contributed by atoms with van der Waals surface area (Å²) < 4.78 is 5.46. The lowest BCUT2D eigenvalue weighted by molar-refractivity contribution is -0.914. The largest absolute Gasteiger partial charge is 0.495 e. The van der Waals surface area contributed by atoms with Crippen LogP contribution in [-0.4, -0.2) is 50.2 Å². The molecule has 0 radical (unpaired) electrons. The predicted octanol–water partition coefficient (Wildman–Crippen LogP) is 1.64. The van der Waals surface area contributed by atoms with Crippen molar-refractivity contribution in [1.29, 1.82) is 0 Å². The molecule has 0 aliphatic carbocycles. The van der Waals surface area contributed by atoms with E-state index in [-0.39, 0.29) is 17.6 Å². The second-order valence-electron chi connectivity index (χ2n) is 7.28. The normalized spacial score (nSPS) is 15.6. The van der Waals surface area contributed by atoms with Crippen LogP contribution in [0.5, 0.6) is 5.75 Å². The number of methoxy groups -OCH3 is 1. The lowest BCUT2D eigenvalue weighted by Gasteiger charge is -2.36. The van der Waals surface area contributed by atoms with Gasteiger partial charge in [-0.2, -0.15) is 0 Å². The molecule has 2 aromatic rings. The quantitative estimate of drug-likeness (QED) is 0.570. The first-order valence-corrected chi connectivity index (χ1v) is 9.69. The van der Waals surface area contributed by atoms with Gasteiger partial charge in [-0.05, 0) is 37.6 Å². The monoisotopic (exact) mass is 399 g/mol. The van der Waals surface area contributed by atoms with Crippen LogP contribution in [0.4, 0.5) is 17.1 Å². The van der Waals surface area contributed by atoms with Gasteiger partial charge in [-0.15, -0.1) is 0 Å². The second-order valence-corrected chi connectivity index (χ2v) is 7.28. The molecule has 0 saturated carbocycles. The number of carbonyl (C=O) groups excluding carboxylic acids is 1. The Balaban J connectivity index is 1.59. The Hall–Kier alpha value is -3.13. The SMILES string of the molecule is COc1ccccc1N1CC[NH+]([C@@H](C)C(=O)Nc2ccc([N+](=O)[O-])cc2C)CC1. The van der Waals surface area contributed by atoms with Crippen molar-refractivity contribution in [1.82, 2.24) is 0 Å². The van der Waals surface area contributed by atoms with E-state index in [1.165, 1.54) is 17.0 Å².